The van der Waals surface area contributed by atoms with Gasteiger partial charge in [-0.3, -0.25) is 24.9 Å². The summed E-state index contributed by atoms with van der Waals surface area (Å²) < 4.78 is 35.3. The molecule has 16 nitrogen and oxygen atoms in total. The third-order valence-corrected chi connectivity index (χ3v) is 12.0. The summed E-state index contributed by atoms with van der Waals surface area (Å²) in [7, 11) is -0.394. The van der Waals surface area contributed by atoms with E-state index in [9.17, 15) is 28.1 Å². The van der Waals surface area contributed by atoms with Crippen molar-refractivity contribution in [1.29, 1.82) is 0 Å². The number of ether oxygens (including phenoxy) is 1. The summed E-state index contributed by atoms with van der Waals surface area (Å²) in [6, 6.07) is 25.7. The highest BCUT2D eigenvalue weighted by Gasteiger charge is 2.26. The minimum Gasteiger partial charge on any atom is -0.444 e. The van der Waals surface area contributed by atoms with E-state index in [4.69, 9.17) is 4.74 Å². The fraction of sp³-hybridized carbons (Fsp3) is 0.333. The molecule has 3 N–H and O–H groups in total. The van der Waals surface area contributed by atoms with E-state index >= 15 is 0 Å². The monoisotopic (exact) mass is 855 g/mol. The van der Waals surface area contributed by atoms with Crippen LogP contribution in [-0.4, -0.2) is 109 Å². The summed E-state index contributed by atoms with van der Waals surface area (Å²) in [6.45, 7) is 8.01. The van der Waals surface area contributed by atoms with Crippen LogP contribution in [0.4, 0.5) is 33.4 Å². The fourth-order valence-electron chi connectivity index (χ4n) is 6.51. The van der Waals surface area contributed by atoms with Gasteiger partial charge in [0.1, 0.15) is 17.6 Å². The van der Waals surface area contributed by atoms with E-state index in [1.165, 1.54) is 18.5 Å². The normalized spacial score (nSPS) is 13.8. The number of fused-ring (bicyclic) bond motifs is 1. The lowest BCUT2D eigenvalue weighted by atomic mass is 10.1. The Morgan fingerprint density at radius 3 is 2.40 bits per heavy atom. The largest absolute Gasteiger partial charge is 0.444 e. The van der Waals surface area contributed by atoms with Gasteiger partial charge in [0, 0.05) is 71.3 Å². The maximum absolute atomic E-state index is 13.7. The molecule has 1 aromatic heterocycles. The molecule has 5 aromatic rings. The van der Waals surface area contributed by atoms with Crippen molar-refractivity contribution in [3.63, 3.8) is 0 Å². The smallest absolute Gasteiger partial charge is 0.412 e. The number of aromatic nitrogens is 2. The molecule has 0 radical (unpaired) electrons. The van der Waals surface area contributed by atoms with Gasteiger partial charge in [-0.2, -0.15) is 0 Å². The lowest BCUT2D eigenvalue weighted by Crippen LogP contribution is -2.48. The Morgan fingerprint density at radius 1 is 0.950 bits per heavy atom. The number of piperazine rings is 1. The van der Waals surface area contributed by atoms with Gasteiger partial charge in [0.25, 0.3) is 21.6 Å². The van der Waals surface area contributed by atoms with Gasteiger partial charge in [-0.15, -0.1) is 11.8 Å². The van der Waals surface area contributed by atoms with Crippen LogP contribution in [0.15, 0.2) is 107 Å². The summed E-state index contributed by atoms with van der Waals surface area (Å²) in [6.07, 6.45) is 1.35. The van der Waals surface area contributed by atoms with E-state index in [1.54, 1.807) is 67.8 Å². The van der Waals surface area contributed by atoms with Crippen LogP contribution in [0.1, 0.15) is 37.6 Å². The number of rotatable bonds is 15. The molecule has 0 unspecified atom stereocenters. The van der Waals surface area contributed by atoms with Crippen LogP contribution in [0.5, 0.6) is 0 Å². The molecule has 2 heterocycles. The highest BCUT2D eigenvalue weighted by Crippen LogP contribution is 2.32. The van der Waals surface area contributed by atoms with Gasteiger partial charge in [-0.25, -0.2) is 23.2 Å². The number of nitro groups is 1. The molecule has 18 heteroatoms. The highest BCUT2D eigenvalue weighted by molar-refractivity contribution is 7.99. The van der Waals surface area contributed by atoms with Crippen molar-refractivity contribution in [2.75, 3.05) is 72.8 Å². The van der Waals surface area contributed by atoms with Crippen molar-refractivity contribution < 1.29 is 27.7 Å². The van der Waals surface area contributed by atoms with Crippen molar-refractivity contribution in [2.24, 2.45) is 0 Å². The second-order valence-electron chi connectivity index (χ2n) is 15.5. The fourth-order valence-corrected chi connectivity index (χ4v) is 8.55. The molecule has 1 saturated heterocycles. The van der Waals surface area contributed by atoms with Crippen molar-refractivity contribution in [2.45, 2.75) is 48.6 Å². The Balaban J connectivity index is 1.11. The molecule has 1 fully saturated rings. The van der Waals surface area contributed by atoms with Crippen LogP contribution in [0.25, 0.3) is 10.9 Å². The van der Waals surface area contributed by atoms with Crippen molar-refractivity contribution in [1.82, 2.24) is 19.8 Å². The maximum Gasteiger partial charge on any atom is 0.412 e. The number of nitro benzene ring substituents is 1. The van der Waals surface area contributed by atoms with E-state index in [0.717, 1.165) is 23.2 Å². The summed E-state index contributed by atoms with van der Waals surface area (Å²) in [5.41, 5.74) is 1.41. The predicted octanol–water partition coefficient (Wildman–Crippen LogP) is 7.17. The Labute approximate surface area is 353 Å². The van der Waals surface area contributed by atoms with Gasteiger partial charge < -0.3 is 24.8 Å². The standard InChI is InChI=1S/C42H49N9O7S2/c1-42(2,3)58-41(53)46-30-11-9-10-29(24-30)40(52)50-22-20-49(21-23-50)32-14-16-35-37(25-32)43-28-44-39(35)47-60(56,57)34-15-17-36(38(26-34)51(54)55)45-31(18-19-48(4)5)27-59-33-12-7-6-8-13-33/h6-17,24-26,28,31,45H,18-23,27H2,1-5H3,(H,46,53)(H,43,44,47)/t31-/m1/s1. The van der Waals surface area contributed by atoms with Crippen molar-refractivity contribution >= 4 is 73.3 Å². The van der Waals surface area contributed by atoms with Gasteiger partial charge in [0.05, 0.1) is 15.3 Å². The number of hydrogen-bond acceptors (Lipinski definition) is 13. The molecule has 1 aliphatic rings. The Kier molecular flexibility index (Phi) is 13.8. The number of nitrogens with zero attached hydrogens (tertiary/aromatic N) is 6. The average Bonchev–Trinajstić information content (AvgIpc) is 3.21. The number of nitrogens with one attached hydrogen (secondary N) is 3. The van der Waals surface area contributed by atoms with E-state index in [0.29, 0.717) is 60.5 Å². The predicted molar refractivity (Wildman–Crippen MR) is 236 cm³/mol. The number of carbonyl (C=O) groups excluding carboxylic acids is 2. The summed E-state index contributed by atoms with van der Waals surface area (Å²) in [4.78, 5) is 52.7. The lowest BCUT2D eigenvalue weighted by Gasteiger charge is -2.36. The molecule has 4 aromatic carbocycles. The quantitative estimate of drug-likeness (QED) is 0.0546. The summed E-state index contributed by atoms with van der Waals surface area (Å²) in [5.74, 6) is 0.503. The van der Waals surface area contributed by atoms with E-state index < -0.39 is 26.6 Å². The first kappa shape index (κ1) is 43.6. The van der Waals surface area contributed by atoms with Crippen LogP contribution in [-0.2, 0) is 14.8 Å². The zero-order chi connectivity index (χ0) is 43.0. The number of carbonyl (C=O) groups is 2. The van der Waals surface area contributed by atoms with Gasteiger partial charge >= 0.3 is 6.09 Å². The van der Waals surface area contributed by atoms with Gasteiger partial charge in [0.15, 0.2) is 5.82 Å². The number of anilines is 4. The zero-order valence-electron chi connectivity index (χ0n) is 34.1. The van der Waals surface area contributed by atoms with E-state index in [1.807, 2.05) is 61.5 Å². The number of sulfonamides is 1. The number of amides is 2. The van der Waals surface area contributed by atoms with E-state index in [-0.39, 0.29) is 34.0 Å². The Hall–Kier alpha value is -5.98. The minimum absolute atomic E-state index is 0.0249. The molecule has 60 heavy (non-hydrogen) atoms. The van der Waals surface area contributed by atoms with Crippen molar-refractivity contribution in [3.8, 4) is 0 Å². The first-order valence-electron chi connectivity index (χ1n) is 19.3. The Morgan fingerprint density at radius 2 is 1.70 bits per heavy atom. The number of benzene rings is 4. The van der Waals surface area contributed by atoms with Crippen LogP contribution in [0, 0.1) is 10.1 Å². The topological polar surface area (TPSA) is 192 Å². The average molecular weight is 856 g/mol. The van der Waals surface area contributed by atoms with Gasteiger partial charge in [-0.1, -0.05) is 24.3 Å². The third-order valence-electron chi connectivity index (χ3n) is 9.49. The first-order chi connectivity index (χ1) is 28.5. The van der Waals surface area contributed by atoms with Crippen molar-refractivity contribution in [3.05, 3.63) is 113 Å². The molecule has 2 amide bonds. The van der Waals surface area contributed by atoms with E-state index in [2.05, 4.69) is 30.2 Å². The molecule has 0 aliphatic carbocycles. The first-order valence-corrected chi connectivity index (χ1v) is 21.8. The molecule has 0 bridgehead atoms. The number of hydrogen-bond donors (Lipinski definition) is 3. The molecule has 1 atom stereocenters. The van der Waals surface area contributed by atoms with Crippen LogP contribution < -0.4 is 20.3 Å². The van der Waals surface area contributed by atoms with Crippen LogP contribution in [0.2, 0.25) is 0 Å². The maximum atomic E-state index is 13.7. The summed E-state index contributed by atoms with van der Waals surface area (Å²) in [5, 5.41) is 18.7. The summed E-state index contributed by atoms with van der Waals surface area (Å²) >= 11 is 1.64. The zero-order valence-corrected chi connectivity index (χ0v) is 35.8. The molecule has 0 saturated carbocycles. The lowest BCUT2D eigenvalue weighted by molar-refractivity contribution is -0.384. The highest BCUT2D eigenvalue weighted by atomic mass is 32.2. The Bertz CT molecular complexity index is 2440. The van der Waals surface area contributed by atoms with Crippen LogP contribution >= 0.6 is 11.8 Å². The minimum atomic E-state index is -4.32. The molecule has 1 aliphatic heterocycles. The molecular weight excluding hydrogens is 807 g/mol. The SMILES string of the molecule is CN(C)CC[C@H](CSc1ccccc1)Nc1ccc(S(=O)(=O)Nc2ncnc3cc(N4CCN(C(=O)c5cccc(NC(=O)OC(C)(C)C)c5)CC4)ccc23)cc1[N+](=O)[O-]. The third kappa shape index (κ3) is 11.6. The van der Waals surface area contributed by atoms with Gasteiger partial charge in [-0.05, 0) is 108 Å². The molecule has 6 rings (SSSR count). The second-order valence-corrected chi connectivity index (χ2v) is 18.3. The van der Waals surface area contributed by atoms with Crippen LogP contribution in [0.3, 0.4) is 0 Å². The van der Waals surface area contributed by atoms with Gasteiger partial charge in [0.2, 0.25) is 0 Å². The molecule has 0 spiro atoms. The number of thioether (sulfide) groups is 1. The molecular formula is C42H49N9O7S2. The second kappa shape index (κ2) is 18.9. The molecule has 316 valence electrons.